The molecule has 2 aromatic rings. The SMILES string of the molecule is CC1(C)SC(c2ncc(-c3cccnc3Cl)s2)NC1C(=O)O. The van der Waals surface area contributed by atoms with E-state index >= 15 is 0 Å². The number of nitrogens with one attached hydrogen (secondary N) is 1. The largest absolute Gasteiger partial charge is 0.480 e. The highest BCUT2D eigenvalue weighted by molar-refractivity contribution is 8.01. The molecule has 0 aromatic carbocycles. The molecule has 116 valence electrons. The van der Waals surface area contributed by atoms with Crippen LogP contribution in [0.5, 0.6) is 0 Å². The Kier molecular flexibility index (Phi) is 4.15. The molecule has 3 heterocycles. The molecule has 2 aromatic heterocycles. The van der Waals surface area contributed by atoms with E-state index in [1.54, 1.807) is 24.2 Å². The molecule has 3 rings (SSSR count). The first-order chi connectivity index (χ1) is 10.4. The van der Waals surface area contributed by atoms with Crippen LogP contribution in [-0.2, 0) is 4.79 Å². The number of halogens is 1. The van der Waals surface area contributed by atoms with E-state index in [0.29, 0.717) is 5.15 Å². The summed E-state index contributed by atoms with van der Waals surface area (Å²) in [7, 11) is 0. The third-order valence-corrected chi connectivity index (χ3v) is 6.44. The van der Waals surface area contributed by atoms with Crippen LogP contribution in [0.25, 0.3) is 10.4 Å². The lowest BCUT2D eigenvalue weighted by Crippen LogP contribution is -2.43. The van der Waals surface area contributed by atoms with Crippen molar-refractivity contribution in [1.29, 1.82) is 0 Å². The minimum Gasteiger partial charge on any atom is -0.480 e. The minimum atomic E-state index is -0.841. The van der Waals surface area contributed by atoms with Crippen molar-refractivity contribution >= 4 is 40.7 Å². The smallest absolute Gasteiger partial charge is 0.322 e. The Labute approximate surface area is 141 Å². The third kappa shape index (κ3) is 2.86. The number of carboxylic acids is 1. The van der Waals surface area contributed by atoms with Gasteiger partial charge in [0.2, 0.25) is 0 Å². The number of carboxylic acid groups (broad SMARTS) is 1. The Morgan fingerprint density at radius 2 is 2.23 bits per heavy atom. The minimum absolute atomic E-state index is 0.134. The zero-order valence-corrected chi connectivity index (χ0v) is 14.3. The van der Waals surface area contributed by atoms with Crippen molar-refractivity contribution in [2.75, 3.05) is 0 Å². The first kappa shape index (κ1) is 15.7. The van der Waals surface area contributed by atoms with E-state index < -0.39 is 16.8 Å². The van der Waals surface area contributed by atoms with Gasteiger partial charge in [-0.15, -0.1) is 23.1 Å². The number of pyridine rings is 1. The van der Waals surface area contributed by atoms with Crippen molar-refractivity contribution in [3.63, 3.8) is 0 Å². The Bertz CT molecular complexity index is 720. The summed E-state index contributed by atoms with van der Waals surface area (Å²) < 4.78 is -0.395. The standard InChI is InChI=1S/C14H14ClN3O2S2/c1-14(2)9(13(19)20)18-12(22-14)11-17-6-8(21-11)7-4-3-5-16-10(7)15/h3-6,9,12,18H,1-2H3,(H,19,20). The van der Waals surface area contributed by atoms with Crippen molar-refractivity contribution in [3.05, 3.63) is 34.7 Å². The van der Waals surface area contributed by atoms with Gasteiger partial charge in [-0.2, -0.15) is 0 Å². The topological polar surface area (TPSA) is 75.1 Å². The zero-order valence-electron chi connectivity index (χ0n) is 11.9. The van der Waals surface area contributed by atoms with Crippen molar-refractivity contribution < 1.29 is 9.90 Å². The predicted molar refractivity (Wildman–Crippen MR) is 89.3 cm³/mol. The van der Waals surface area contributed by atoms with Crippen LogP contribution in [0.2, 0.25) is 5.15 Å². The quantitative estimate of drug-likeness (QED) is 0.821. The number of aromatic nitrogens is 2. The first-order valence-electron chi connectivity index (χ1n) is 6.62. The molecule has 1 fully saturated rings. The number of aliphatic carboxylic acids is 1. The highest BCUT2D eigenvalue weighted by atomic mass is 35.5. The van der Waals surface area contributed by atoms with Crippen molar-refractivity contribution in [2.45, 2.75) is 30.0 Å². The van der Waals surface area contributed by atoms with Gasteiger partial charge in [-0.05, 0) is 26.0 Å². The molecule has 1 saturated heterocycles. The van der Waals surface area contributed by atoms with Crippen molar-refractivity contribution in [1.82, 2.24) is 15.3 Å². The average molecular weight is 356 g/mol. The van der Waals surface area contributed by atoms with Gasteiger partial charge in [0.25, 0.3) is 0 Å². The fraction of sp³-hybridized carbons (Fsp3) is 0.357. The lowest BCUT2D eigenvalue weighted by atomic mass is 10.0. The maximum absolute atomic E-state index is 11.3. The number of hydrogen-bond acceptors (Lipinski definition) is 6. The summed E-state index contributed by atoms with van der Waals surface area (Å²) in [5.74, 6) is -0.841. The van der Waals surface area contributed by atoms with Gasteiger partial charge in [-0.3, -0.25) is 10.1 Å². The molecule has 2 unspecified atom stereocenters. The maximum atomic E-state index is 11.3. The van der Waals surface area contributed by atoms with Gasteiger partial charge in [-0.25, -0.2) is 9.97 Å². The number of carbonyl (C=O) groups is 1. The Hall–Kier alpha value is -1.15. The number of thiazole rings is 1. The van der Waals surface area contributed by atoms with E-state index in [9.17, 15) is 9.90 Å². The van der Waals surface area contributed by atoms with Gasteiger partial charge in [0.1, 0.15) is 21.6 Å². The second kappa shape index (κ2) is 5.81. The predicted octanol–water partition coefficient (Wildman–Crippen LogP) is 3.43. The highest BCUT2D eigenvalue weighted by Gasteiger charge is 2.46. The van der Waals surface area contributed by atoms with E-state index in [1.165, 1.54) is 11.3 Å². The summed E-state index contributed by atoms with van der Waals surface area (Å²) in [4.78, 5) is 20.8. The van der Waals surface area contributed by atoms with E-state index in [4.69, 9.17) is 11.6 Å². The summed E-state index contributed by atoms with van der Waals surface area (Å²) in [5, 5.41) is 13.6. The molecule has 5 nitrogen and oxygen atoms in total. The highest BCUT2D eigenvalue weighted by Crippen LogP contribution is 2.47. The molecule has 1 aliphatic rings. The van der Waals surface area contributed by atoms with Crippen LogP contribution in [0.4, 0.5) is 0 Å². The Morgan fingerprint density at radius 1 is 1.45 bits per heavy atom. The van der Waals surface area contributed by atoms with E-state index in [2.05, 4.69) is 15.3 Å². The van der Waals surface area contributed by atoms with E-state index in [0.717, 1.165) is 15.4 Å². The number of nitrogens with zero attached hydrogens (tertiary/aromatic N) is 2. The summed E-state index contributed by atoms with van der Waals surface area (Å²) >= 11 is 9.18. The van der Waals surface area contributed by atoms with Crippen LogP contribution in [0.1, 0.15) is 24.2 Å². The Balaban J connectivity index is 1.87. The molecule has 22 heavy (non-hydrogen) atoms. The van der Waals surface area contributed by atoms with Crippen LogP contribution >= 0.6 is 34.7 Å². The van der Waals surface area contributed by atoms with Gasteiger partial charge in [0.05, 0.1) is 4.88 Å². The van der Waals surface area contributed by atoms with E-state index in [-0.39, 0.29) is 5.37 Å². The molecular formula is C14H14ClN3O2S2. The van der Waals surface area contributed by atoms with Gasteiger partial charge in [0.15, 0.2) is 0 Å². The molecular weight excluding hydrogens is 342 g/mol. The molecule has 0 aliphatic carbocycles. The van der Waals surface area contributed by atoms with Gasteiger partial charge < -0.3 is 5.11 Å². The monoisotopic (exact) mass is 355 g/mol. The van der Waals surface area contributed by atoms with Gasteiger partial charge >= 0.3 is 5.97 Å². The van der Waals surface area contributed by atoms with Crippen LogP contribution in [0.15, 0.2) is 24.5 Å². The molecule has 1 aliphatic heterocycles. The molecule has 2 atom stereocenters. The van der Waals surface area contributed by atoms with Gasteiger partial charge in [-0.1, -0.05) is 11.6 Å². The zero-order chi connectivity index (χ0) is 15.9. The lowest BCUT2D eigenvalue weighted by molar-refractivity contribution is -0.139. The summed E-state index contributed by atoms with van der Waals surface area (Å²) in [5.41, 5.74) is 0.838. The van der Waals surface area contributed by atoms with Crippen LogP contribution in [0.3, 0.4) is 0 Å². The maximum Gasteiger partial charge on any atom is 0.322 e. The van der Waals surface area contributed by atoms with Crippen molar-refractivity contribution in [2.24, 2.45) is 0 Å². The van der Waals surface area contributed by atoms with Gasteiger partial charge in [0, 0.05) is 22.7 Å². The number of hydrogen-bond donors (Lipinski definition) is 2. The summed E-state index contributed by atoms with van der Waals surface area (Å²) in [6.45, 7) is 3.85. The molecule has 0 radical (unpaired) electrons. The first-order valence-corrected chi connectivity index (χ1v) is 8.69. The molecule has 0 amide bonds. The normalized spacial score (nSPS) is 23.6. The molecule has 0 spiro atoms. The second-order valence-electron chi connectivity index (χ2n) is 5.44. The number of rotatable bonds is 3. The van der Waals surface area contributed by atoms with Crippen LogP contribution in [-0.4, -0.2) is 31.8 Å². The number of thioether (sulfide) groups is 1. The summed E-state index contributed by atoms with van der Waals surface area (Å²) in [6, 6.07) is 3.12. The second-order valence-corrected chi connectivity index (χ2v) is 8.62. The molecule has 0 bridgehead atoms. The molecule has 0 saturated carbocycles. The van der Waals surface area contributed by atoms with E-state index in [1.807, 2.05) is 26.0 Å². The van der Waals surface area contributed by atoms with Crippen LogP contribution in [0, 0.1) is 0 Å². The lowest BCUT2D eigenvalue weighted by Gasteiger charge is -2.20. The fourth-order valence-electron chi connectivity index (χ4n) is 2.35. The molecule has 8 heteroatoms. The van der Waals surface area contributed by atoms with Crippen molar-refractivity contribution in [3.8, 4) is 10.4 Å². The fourth-order valence-corrected chi connectivity index (χ4v) is 5.08. The molecule has 2 N–H and O–H groups in total. The average Bonchev–Trinajstić information content (AvgIpc) is 3.03. The summed E-state index contributed by atoms with van der Waals surface area (Å²) in [6.07, 6.45) is 3.40. The van der Waals surface area contributed by atoms with Crippen LogP contribution < -0.4 is 5.32 Å². The Morgan fingerprint density at radius 3 is 2.86 bits per heavy atom. The third-order valence-electron chi connectivity index (χ3n) is 3.45.